The number of carbonyl (C=O) groups is 1. The fourth-order valence-corrected chi connectivity index (χ4v) is 1.29. The SMILES string of the molecule is CNC(=O)C(C)NCc1cncc(C)c1. The first-order valence-electron chi connectivity index (χ1n) is 4.99. The topological polar surface area (TPSA) is 54.0 Å². The zero-order chi connectivity index (χ0) is 11.3. The van der Waals surface area contributed by atoms with Crippen LogP contribution in [0.1, 0.15) is 18.1 Å². The number of pyridine rings is 1. The van der Waals surface area contributed by atoms with Crippen LogP contribution in [0.25, 0.3) is 0 Å². The van der Waals surface area contributed by atoms with E-state index in [0.29, 0.717) is 6.54 Å². The van der Waals surface area contributed by atoms with Crippen molar-refractivity contribution in [1.82, 2.24) is 15.6 Å². The third-order valence-corrected chi connectivity index (χ3v) is 2.18. The summed E-state index contributed by atoms with van der Waals surface area (Å²) in [7, 11) is 1.63. The summed E-state index contributed by atoms with van der Waals surface area (Å²) in [6, 6.07) is 1.87. The normalized spacial score (nSPS) is 12.2. The Morgan fingerprint density at radius 1 is 1.53 bits per heavy atom. The molecule has 82 valence electrons. The molecule has 4 nitrogen and oxygen atoms in total. The van der Waals surface area contributed by atoms with Gasteiger partial charge in [-0.3, -0.25) is 9.78 Å². The fourth-order valence-electron chi connectivity index (χ4n) is 1.29. The van der Waals surface area contributed by atoms with Crippen LogP contribution in [0.3, 0.4) is 0 Å². The second-order valence-electron chi connectivity index (χ2n) is 3.59. The van der Waals surface area contributed by atoms with E-state index in [-0.39, 0.29) is 11.9 Å². The smallest absolute Gasteiger partial charge is 0.236 e. The monoisotopic (exact) mass is 207 g/mol. The second kappa shape index (κ2) is 5.46. The molecule has 1 heterocycles. The van der Waals surface area contributed by atoms with Crippen LogP contribution < -0.4 is 10.6 Å². The highest BCUT2D eigenvalue weighted by atomic mass is 16.2. The molecule has 0 aliphatic heterocycles. The van der Waals surface area contributed by atoms with Gasteiger partial charge >= 0.3 is 0 Å². The van der Waals surface area contributed by atoms with Crippen molar-refractivity contribution < 1.29 is 4.79 Å². The van der Waals surface area contributed by atoms with Crippen LogP contribution in [0.2, 0.25) is 0 Å². The number of aryl methyl sites for hydroxylation is 1. The van der Waals surface area contributed by atoms with Gasteiger partial charge in [0.05, 0.1) is 6.04 Å². The Kier molecular flexibility index (Phi) is 4.24. The largest absolute Gasteiger partial charge is 0.358 e. The number of carbonyl (C=O) groups excluding carboxylic acids is 1. The minimum absolute atomic E-state index is 0.00406. The van der Waals surface area contributed by atoms with Crippen LogP contribution in [0.4, 0.5) is 0 Å². The first kappa shape index (κ1) is 11.7. The molecule has 0 saturated carbocycles. The van der Waals surface area contributed by atoms with Crippen molar-refractivity contribution in [2.24, 2.45) is 0 Å². The highest BCUT2D eigenvalue weighted by Gasteiger charge is 2.09. The third kappa shape index (κ3) is 3.67. The first-order valence-corrected chi connectivity index (χ1v) is 4.99. The van der Waals surface area contributed by atoms with Gasteiger partial charge in [0.15, 0.2) is 0 Å². The number of hydrogen-bond acceptors (Lipinski definition) is 3. The molecule has 1 aromatic heterocycles. The van der Waals surface area contributed by atoms with Crippen molar-refractivity contribution in [3.8, 4) is 0 Å². The van der Waals surface area contributed by atoms with Gasteiger partial charge in [0, 0.05) is 26.0 Å². The van der Waals surface area contributed by atoms with Crippen molar-refractivity contribution in [3.63, 3.8) is 0 Å². The van der Waals surface area contributed by atoms with Crippen LogP contribution in [0.5, 0.6) is 0 Å². The maximum absolute atomic E-state index is 11.2. The quantitative estimate of drug-likeness (QED) is 0.760. The van der Waals surface area contributed by atoms with Crippen LogP contribution in [0, 0.1) is 6.92 Å². The van der Waals surface area contributed by atoms with E-state index >= 15 is 0 Å². The molecule has 0 aliphatic rings. The number of nitrogens with zero attached hydrogens (tertiary/aromatic N) is 1. The van der Waals surface area contributed by atoms with Crippen molar-refractivity contribution in [1.29, 1.82) is 0 Å². The molecule has 0 fully saturated rings. The Morgan fingerprint density at radius 2 is 2.27 bits per heavy atom. The van der Waals surface area contributed by atoms with Gasteiger partial charge in [0.25, 0.3) is 0 Å². The van der Waals surface area contributed by atoms with Crippen LogP contribution in [-0.4, -0.2) is 24.0 Å². The van der Waals surface area contributed by atoms with Crippen molar-refractivity contribution in [2.45, 2.75) is 26.4 Å². The van der Waals surface area contributed by atoms with Crippen LogP contribution in [0.15, 0.2) is 18.5 Å². The molecule has 0 aromatic carbocycles. The molecule has 1 unspecified atom stereocenters. The number of nitrogens with one attached hydrogen (secondary N) is 2. The fraction of sp³-hybridized carbons (Fsp3) is 0.455. The van der Waals surface area contributed by atoms with Crippen molar-refractivity contribution in [2.75, 3.05) is 7.05 Å². The summed E-state index contributed by atoms with van der Waals surface area (Å²) in [5, 5.41) is 5.72. The van der Waals surface area contributed by atoms with Gasteiger partial charge in [0.1, 0.15) is 0 Å². The van der Waals surface area contributed by atoms with E-state index in [9.17, 15) is 4.79 Å². The summed E-state index contributed by atoms with van der Waals surface area (Å²) >= 11 is 0. The molecule has 0 radical (unpaired) electrons. The Balaban J connectivity index is 2.47. The highest BCUT2D eigenvalue weighted by molar-refractivity contribution is 5.80. The lowest BCUT2D eigenvalue weighted by Crippen LogP contribution is -2.40. The van der Waals surface area contributed by atoms with Crippen molar-refractivity contribution in [3.05, 3.63) is 29.6 Å². The predicted octanol–water partition coefficient (Wildman–Crippen LogP) is 0.614. The van der Waals surface area contributed by atoms with Crippen LogP contribution in [-0.2, 0) is 11.3 Å². The van der Waals surface area contributed by atoms with E-state index in [1.54, 1.807) is 13.2 Å². The average Bonchev–Trinajstić information content (AvgIpc) is 2.25. The maximum atomic E-state index is 11.2. The zero-order valence-corrected chi connectivity index (χ0v) is 9.37. The summed E-state index contributed by atoms with van der Waals surface area (Å²) in [4.78, 5) is 15.3. The minimum Gasteiger partial charge on any atom is -0.358 e. The molecule has 1 rings (SSSR count). The molecule has 15 heavy (non-hydrogen) atoms. The molecule has 0 aliphatic carbocycles. The van der Waals surface area contributed by atoms with Crippen molar-refractivity contribution >= 4 is 5.91 Å². The number of amides is 1. The van der Waals surface area contributed by atoms with Gasteiger partial charge in [-0.1, -0.05) is 6.07 Å². The average molecular weight is 207 g/mol. The Labute approximate surface area is 90.1 Å². The summed E-state index contributed by atoms with van der Waals surface area (Å²) in [5.74, 6) is -0.00406. The molecular formula is C11H17N3O. The van der Waals surface area contributed by atoms with Gasteiger partial charge < -0.3 is 10.6 Å². The Hall–Kier alpha value is -1.42. The zero-order valence-electron chi connectivity index (χ0n) is 9.37. The molecule has 0 bridgehead atoms. The molecule has 2 N–H and O–H groups in total. The molecule has 4 heteroatoms. The summed E-state index contributed by atoms with van der Waals surface area (Å²) in [6.07, 6.45) is 3.61. The van der Waals surface area contributed by atoms with E-state index in [0.717, 1.165) is 11.1 Å². The molecular weight excluding hydrogens is 190 g/mol. The van der Waals surface area contributed by atoms with Gasteiger partial charge in [-0.15, -0.1) is 0 Å². The lowest BCUT2D eigenvalue weighted by Gasteiger charge is -2.11. The predicted molar refractivity (Wildman–Crippen MR) is 59.3 cm³/mol. The highest BCUT2D eigenvalue weighted by Crippen LogP contribution is 2.00. The molecule has 1 atom stereocenters. The lowest BCUT2D eigenvalue weighted by molar-refractivity contribution is -0.122. The molecule has 1 aromatic rings. The summed E-state index contributed by atoms with van der Waals surface area (Å²) in [5.41, 5.74) is 2.22. The van der Waals surface area contributed by atoms with E-state index in [4.69, 9.17) is 0 Å². The molecule has 1 amide bonds. The van der Waals surface area contributed by atoms with E-state index in [1.807, 2.05) is 20.0 Å². The third-order valence-electron chi connectivity index (χ3n) is 2.18. The van der Waals surface area contributed by atoms with Gasteiger partial charge in [-0.25, -0.2) is 0 Å². The Morgan fingerprint density at radius 3 is 2.87 bits per heavy atom. The van der Waals surface area contributed by atoms with E-state index < -0.39 is 0 Å². The lowest BCUT2D eigenvalue weighted by atomic mass is 10.2. The first-order chi connectivity index (χ1) is 7.13. The number of rotatable bonds is 4. The Bertz CT molecular complexity index is 338. The number of aromatic nitrogens is 1. The summed E-state index contributed by atoms with van der Waals surface area (Å²) in [6.45, 7) is 4.49. The van der Waals surface area contributed by atoms with Gasteiger partial charge in [-0.05, 0) is 25.0 Å². The maximum Gasteiger partial charge on any atom is 0.236 e. The summed E-state index contributed by atoms with van der Waals surface area (Å²) < 4.78 is 0. The van der Waals surface area contributed by atoms with Gasteiger partial charge in [0.2, 0.25) is 5.91 Å². The molecule has 0 saturated heterocycles. The van der Waals surface area contributed by atoms with E-state index in [1.165, 1.54) is 0 Å². The molecule has 0 spiro atoms. The van der Waals surface area contributed by atoms with Gasteiger partial charge in [-0.2, -0.15) is 0 Å². The number of hydrogen-bond donors (Lipinski definition) is 2. The second-order valence-corrected chi connectivity index (χ2v) is 3.59. The van der Waals surface area contributed by atoms with E-state index in [2.05, 4.69) is 21.7 Å². The number of likely N-dealkylation sites (N-methyl/N-ethyl adjacent to an activating group) is 1. The standard InChI is InChI=1S/C11H17N3O/c1-8-4-10(6-13-5-8)7-14-9(2)11(15)12-3/h4-6,9,14H,7H2,1-3H3,(H,12,15). The minimum atomic E-state index is -0.185. The van der Waals surface area contributed by atoms with Crippen LogP contribution >= 0.6 is 0 Å².